The van der Waals surface area contributed by atoms with Gasteiger partial charge in [0.2, 0.25) is 0 Å². The molecule has 0 radical (unpaired) electrons. The van der Waals surface area contributed by atoms with E-state index in [9.17, 15) is 10.1 Å². The molecule has 1 aromatic rings. The van der Waals surface area contributed by atoms with Crippen LogP contribution in [-0.4, -0.2) is 24.3 Å². The molecule has 0 aromatic heterocycles. The largest absolute Gasteiger partial charge is 0.493 e. The highest BCUT2D eigenvalue weighted by atomic mass is 16.6. The maximum Gasteiger partial charge on any atom is 0.408 e. The molecule has 5 heteroatoms. The van der Waals surface area contributed by atoms with Gasteiger partial charge in [-0.1, -0.05) is 12.1 Å². The Balaban J connectivity index is 1.96. The summed E-state index contributed by atoms with van der Waals surface area (Å²) in [6, 6.07) is 7.35. The van der Waals surface area contributed by atoms with Crippen LogP contribution in [0.3, 0.4) is 0 Å². The Bertz CT molecular complexity index is 570. The van der Waals surface area contributed by atoms with Gasteiger partial charge in [0.05, 0.1) is 12.7 Å². The fourth-order valence-corrected chi connectivity index (χ4v) is 2.18. The zero-order chi connectivity index (χ0) is 15.5. The van der Waals surface area contributed by atoms with Crippen molar-refractivity contribution in [2.75, 3.05) is 6.61 Å². The van der Waals surface area contributed by atoms with Crippen LogP contribution in [0, 0.1) is 11.3 Å². The molecule has 112 valence electrons. The zero-order valence-corrected chi connectivity index (χ0v) is 12.6. The van der Waals surface area contributed by atoms with Crippen LogP contribution in [0.5, 0.6) is 5.75 Å². The van der Waals surface area contributed by atoms with Crippen LogP contribution in [-0.2, 0) is 17.6 Å². The van der Waals surface area contributed by atoms with Crippen molar-refractivity contribution in [3.05, 3.63) is 29.3 Å². The van der Waals surface area contributed by atoms with Crippen molar-refractivity contribution in [2.24, 2.45) is 0 Å². The van der Waals surface area contributed by atoms with Crippen LogP contribution in [0.4, 0.5) is 4.79 Å². The molecule has 0 bridgehead atoms. The standard InChI is InChI=1S/C16H20N2O3/c1-16(2,3)21-15(19)18-13(10-17)9-11-4-5-14-12(8-11)6-7-20-14/h4-5,8,13H,6-7,9H2,1-3H3,(H,18,19)/t13-/m0/s1. The van der Waals surface area contributed by atoms with E-state index in [1.807, 2.05) is 18.2 Å². The average Bonchev–Trinajstić information content (AvgIpc) is 2.83. The summed E-state index contributed by atoms with van der Waals surface area (Å²) in [4.78, 5) is 11.7. The van der Waals surface area contributed by atoms with Gasteiger partial charge in [0.1, 0.15) is 17.4 Å². The highest BCUT2D eigenvalue weighted by Crippen LogP contribution is 2.26. The van der Waals surface area contributed by atoms with Gasteiger partial charge in [0.25, 0.3) is 0 Å². The summed E-state index contributed by atoms with van der Waals surface area (Å²) in [5.74, 6) is 0.910. The van der Waals surface area contributed by atoms with Gasteiger partial charge in [-0.05, 0) is 38.0 Å². The number of hydrogen-bond acceptors (Lipinski definition) is 4. The van der Waals surface area contributed by atoms with Crippen molar-refractivity contribution in [3.63, 3.8) is 0 Å². The lowest BCUT2D eigenvalue weighted by atomic mass is 10.0. The molecule has 0 fully saturated rings. The van der Waals surface area contributed by atoms with Crippen LogP contribution < -0.4 is 10.1 Å². The molecule has 0 saturated heterocycles. The molecular formula is C16H20N2O3. The number of ether oxygens (including phenoxy) is 2. The Hall–Kier alpha value is -2.22. The van der Waals surface area contributed by atoms with E-state index in [0.29, 0.717) is 13.0 Å². The predicted octanol–water partition coefficient (Wildman–Crippen LogP) is 2.58. The normalized spacial score (nSPS) is 14.6. The highest BCUT2D eigenvalue weighted by Gasteiger charge is 2.20. The second-order valence-corrected chi connectivity index (χ2v) is 6.07. The third-order valence-corrected chi connectivity index (χ3v) is 3.04. The molecule has 0 saturated carbocycles. The fourth-order valence-electron chi connectivity index (χ4n) is 2.18. The van der Waals surface area contributed by atoms with Crippen molar-refractivity contribution < 1.29 is 14.3 Å². The fraction of sp³-hybridized carbons (Fsp3) is 0.500. The van der Waals surface area contributed by atoms with Crippen LogP contribution in [0.15, 0.2) is 18.2 Å². The maximum absolute atomic E-state index is 11.7. The second kappa shape index (κ2) is 6.04. The van der Waals surface area contributed by atoms with E-state index in [0.717, 1.165) is 23.3 Å². The number of carbonyl (C=O) groups excluding carboxylic acids is 1. The monoisotopic (exact) mass is 288 g/mol. The Kier molecular flexibility index (Phi) is 4.37. The molecule has 1 N–H and O–H groups in total. The van der Waals surface area contributed by atoms with Gasteiger partial charge in [-0.2, -0.15) is 5.26 Å². The van der Waals surface area contributed by atoms with Crippen LogP contribution in [0.1, 0.15) is 31.9 Å². The molecule has 21 heavy (non-hydrogen) atoms. The van der Waals surface area contributed by atoms with E-state index >= 15 is 0 Å². The predicted molar refractivity (Wildman–Crippen MR) is 78.1 cm³/mol. The SMILES string of the molecule is CC(C)(C)OC(=O)N[C@H](C#N)Cc1ccc2c(c1)CCO2. The van der Waals surface area contributed by atoms with E-state index in [4.69, 9.17) is 9.47 Å². The van der Waals surface area contributed by atoms with Gasteiger partial charge >= 0.3 is 6.09 Å². The highest BCUT2D eigenvalue weighted by molar-refractivity contribution is 5.68. The number of alkyl carbamates (subject to hydrolysis) is 1. The number of benzene rings is 1. The number of hydrogen-bond donors (Lipinski definition) is 1. The molecule has 1 aliphatic heterocycles. The van der Waals surface area contributed by atoms with E-state index in [-0.39, 0.29) is 0 Å². The van der Waals surface area contributed by atoms with Crippen LogP contribution >= 0.6 is 0 Å². The van der Waals surface area contributed by atoms with Crippen molar-refractivity contribution in [1.82, 2.24) is 5.32 Å². The first-order valence-electron chi connectivity index (χ1n) is 7.01. The van der Waals surface area contributed by atoms with Gasteiger partial charge in [0.15, 0.2) is 0 Å². The quantitative estimate of drug-likeness (QED) is 0.928. The molecular weight excluding hydrogens is 268 g/mol. The van der Waals surface area contributed by atoms with E-state index in [2.05, 4.69) is 11.4 Å². The van der Waals surface area contributed by atoms with Gasteiger partial charge in [-0.15, -0.1) is 0 Å². The van der Waals surface area contributed by atoms with E-state index < -0.39 is 17.7 Å². The summed E-state index contributed by atoms with van der Waals surface area (Å²) >= 11 is 0. The number of nitriles is 1. The summed E-state index contributed by atoms with van der Waals surface area (Å²) in [5.41, 5.74) is 1.58. The summed E-state index contributed by atoms with van der Waals surface area (Å²) in [7, 11) is 0. The minimum Gasteiger partial charge on any atom is -0.493 e. The molecule has 1 aliphatic rings. The summed E-state index contributed by atoms with van der Waals surface area (Å²) in [6.07, 6.45) is 0.765. The van der Waals surface area contributed by atoms with Gasteiger partial charge in [-0.25, -0.2) is 4.79 Å². The number of amides is 1. The molecule has 0 unspecified atom stereocenters. The summed E-state index contributed by atoms with van der Waals surface area (Å²) in [6.45, 7) is 6.06. The summed E-state index contributed by atoms with van der Waals surface area (Å²) in [5, 5.41) is 11.8. The van der Waals surface area contributed by atoms with Crippen LogP contribution in [0.25, 0.3) is 0 Å². The van der Waals surface area contributed by atoms with Crippen LogP contribution in [0.2, 0.25) is 0 Å². The first-order chi connectivity index (χ1) is 9.87. The molecule has 1 heterocycles. The van der Waals surface area contributed by atoms with E-state index in [1.54, 1.807) is 20.8 Å². The number of nitrogens with one attached hydrogen (secondary N) is 1. The molecule has 1 aromatic carbocycles. The average molecular weight is 288 g/mol. The van der Waals surface area contributed by atoms with Gasteiger partial charge in [-0.3, -0.25) is 0 Å². The molecule has 1 amide bonds. The topological polar surface area (TPSA) is 71.3 Å². The number of nitrogens with zero attached hydrogens (tertiary/aromatic N) is 1. The Labute approximate surface area is 124 Å². The minimum atomic E-state index is -0.611. The van der Waals surface area contributed by atoms with Crippen molar-refractivity contribution in [1.29, 1.82) is 5.26 Å². The Morgan fingerprint density at radius 2 is 2.29 bits per heavy atom. The van der Waals surface area contributed by atoms with Crippen molar-refractivity contribution in [3.8, 4) is 11.8 Å². The summed E-state index contributed by atoms with van der Waals surface area (Å²) < 4.78 is 10.6. The smallest absolute Gasteiger partial charge is 0.408 e. The first-order valence-corrected chi connectivity index (χ1v) is 7.01. The molecule has 0 aliphatic carbocycles. The lowest BCUT2D eigenvalue weighted by molar-refractivity contribution is 0.0516. The molecule has 0 spiro atoms. The Morgan fingerprint density at radius 3 is 2.95 bits per heavy atom. The van der Waals surface area contributed by atoms with Gasteiger partial charge < -0.3 is 14.8 Å². The van der Waals surface area contributed by atoms with E-state index in [1.165, 1.54) is 0 Å². The van der Waals surface area contributed by atoms with Crippen molar-refractivity contribution in [2.45, 2.75) is 45.3 Å². The molecule has 1 atom stereocenters. The minimum absolute atomic E-state index is 0.447. The third-order valence-electron chi connectivity index (χ3n) is 3.04. The number of fused-ring (bicyclic) bond motifs is 1. The molecule has 2 rings (SSSR count). The van der Waals surface area contributed by atoms with Crippen molar-refractivity contribution >= 4 is 6.09 Å². The lowest BCUT2D eigenvalue weighted by Crippen LogP contribution is -2.39. The third kappa shape index (κ3) is 4.38. The number of carbonyl (C=O) groups is 1. The first kappa shape index (κ1) is 15.2. The lowest BCUT2D eigenvalue weighted by Gasteiger charge is -2.21. The molecule has 5 nitrogen and oxygen atoms in total. The number of rotatable bonds is 3. The van der Waals surface area contributed by atoms with Gasteiger partial charge in [0, 0.05) is 12.8 Å². The second-order valence-electron chi connectivity index (χ2n) is 6.07. The maximum atomic E-state index is 11.7. The Morgan fingerprint density at radius 1 is 1.52 bits per heavy atom. The zero-order valence-electron chi connectivity index (χ0n) is 12.6.